The van der Waals surface area contributed by atoms with Crippen LogP contribution >= 0.6 is 0 Å². The highest BCUT2D eigenvalue weighted by molar-refractivity contribution is 5.78. The van der Waals surface area contributed by atoms with Crippen LogP contribution in [0.3, 0.4) is 0 Å². The molecule has 4 heterocycles. The molecule has 2 unspecified atom stereocenters. The molecule has 9 nitrogen and oxygen atoms in total. The number of hydrogen-bond acceptors (Lipinski definition) is 7. The molecule has 0 radical (unpaired) electrons. The predicted octanol–water partition coefficient (Wildman–Crippen LogP) is 4.64. The predicted molar refractivity (Wildman–Crippen MR) is 174 cm³/mol. The molecule has 0 aliphatic carbocycles. The van der Waals surface area contributed by atoms with Crippen molar-refractivity contribution >= 4 is 22.8 Å². The van der Waals surface area contributed by atoms with Gasteiger partial charge in [-0.05, 0) is 61.1 Å². The van der Waals surface area contributed by atoms with E-state index < -0.39 is 0 Å². The fourth-order valence-electron chi connectivity index (χ4n) is 6.52. The number of benzene rings is 2. The zero-order valence-corrected chi connectivity index (χ0v) is 25.7. The summed E-state index contributed by atoms with van der Waals surface area (Å²) in [5.74, 6) is 2.41. The molecular weight excluding hydrogens is 552 g/mol. The topological polar surface area (TPSA) is 98.7 Å². The van der Waals surface area contributed by atoms with E-state index in [1.54, 1.807) is 7.11 Å². The van der Waals surface area contributed by atoms with Gasteiger partial charge in [0.1, 0.15) is 11.6 Å². The number of carbonyl (C=O) groups excluding carboxylic acids is 1. The number of methoxy groups -OCH3 is 1. The highest BCUT2D eigenvalue weighted by Gasteiger charge is 2.29. The number of rotatable bonds is 11. The fraction of sp³-hybridized carbons (Fsp3) is 0.457. The summed E-state index contributed by atoms with van der Waals surface area (Å²) in [5, 5.41) is 0. The van der Waals surface area contributed by atoms with Crippen molar-refractivity contribution in [2.75, 3.05) is 58.0 Å². The number of imidazole rings is 1. The van der Waals surface area contributed by atoms with E-state index >= 15 is 0 Å². The maximum absolute atomic E-state index is 13.4. The third-order valence-electron chi connectivity index (χ3n) is 8.86. The van der Waals surface area contributed by atoms with Gasteiger partial charge in [-0.25, -0.2) is 9.97 Å². The Morgan fingerprint density at radius 3 is 2.61 bits per heavy atom. The van der Waals surface area contributed by atoms with Gasteiger partial charge in [-0.2, -0.15) is 0 Å². The first-order valence-electron chi connectivity index (χ1n) is 15.9. The fourth-order valence-corrected chi connectivity index (χ4v) is 6.52. The SMILES string of the molecule is COCCCn1c(C2CCCN(C(=O)CC(N)Cc3ccc(-c4ccc(N5CCOCC5)nc4)cc3)C2)nc2ccccc21. The van der Waals surface area contributed by atoms with E-state index in [9.17, 15) is 4.79 Å². The third kappa shape index (κ3) is 7.12. The van der Waals surface area contributed by atoms with Crippen molar-refractivity contribution in [1.29, 1.82) is 0 Å². The molecule has 2 aromatic heterocycles. The molecule has 0 saturated carbocycles. The van der Waals surface area contributed by atoms with E-state index in [2.05, 4.69) is 69.0 Å². The number of nitrogens with zero attached hydrogens (tertiary/aromatic N) is 5. The minimum Gasteiger partial charge on any atom is -0.385 e. The zero-order valence-electron chi connectivity index (χ0n) is 25.7. The molecule has 2 aliphatic heterocycles. The van der Waals surface area contributed by atoms with E-state index in [1.807, 2.05) is 17.2 Å². The average molecular weight is 597 g/mol. The van der Waals surface area contributed by atoms with Gasteiger partial charge < -0.3 is 29.6 Å². The Morgan fingerprint density at radius 2 is 1.84 bits per heavy atom. The van der Waals surface area contributed by atoms with E-state index in [1.165, 1.54) is 0 Å². The molecule has 1 amide bonds. The standard InChI is InChI=1S/C35H44N6O3/c1-43-19-5-16-41-32-8-3-2-7-31(32)38-35(41)29-6-4-15-40(25-29)34(42)23-30(36)22-26-9-11-27(12-10-26)28-13-14-33(37-24-28)39-17-20-44-21-18-39/h2-3,7-14,24,29-30H,4-6,15-23,25,36H2,1H3. The number of aromatic nitrogens is 3. The molecule has 6 rings (SSSR count). The molecule has 2 aromatic carbocycles. The van der Waals surface area contributed by atoms with Gasteiger partial charge in [0.2, 0.25) is 5.91 Å². The van der Waals surface area contributed by atoms with Crippen molar-refractivity contribution in [3.63, 3.8) is 0 Å². The lowest BCUT2D eigenvalue weighted by molar-refractivity contribution is -0.132. The number of anilines is 1. The summed E-state index contributed by atoms with van der Waals surface area (Å²) in [5.41, 5.74) is 12.0. The molecule has 4 aromatic rings. The largest absolute Gasteiger partial charge is 0.385 e. The monoisotopic (exact) mass is 596 g/mol. The first-order valence-corrected chi connectivity index (χ1v) is 15.9. The second-order valence-electron chi connectivity index (χ2n) is 12.0. The van der Waals surface area contributed by atoms with Crippen LogP contribution in [0.25, 0.3) is 22.2 Å². The molecular formula is C35H44N6O3. The summed E-state index contributed by atoms with van der Waals surface area (Å²) < 4.78 is 13.1. The Hall–Kier alpha value is -3.79. The van der Waals surface area contributed by atoms with Crippen LogP contribution in [0.5, 0.6) is 0 Å². The Bertz CT molecular complexity index is 1510. The normalized spacial score (nSPS) is 18.1. The molecule has 2 atom stereocenters. The highest BCUT2D eigenvalue weighted by Crippen LogP contribution is 2.30. The lowest BCUT2D eigenvalue weighted by Gasteiger charge is -2.33. The van der Waals surface area contributed by atoms with Crippen LogP contribution < -0.4 is 10.6 Å². The van der Waals surface area contributed by atoms with Crippen molar-refractivity contribution in [3.8, 4) is 11.1 Å². The average Bonchev–Trinajstić information content (AvgIpc) is 3.44. The lowest BCUT2D eigenvalue weighted by Crippen LogP contribution is -2.42. The number of pyridine rings is 1. The van der Waals surface area contributed by atoms with Crippen LogP contribution in [0.4, 0.5) is 5.82 Å². The van der Waals surface area contributed by atoms with Gasteiger partial charge in [0.05, 0.1) is 24.2 Å². The summed E-state index contributed by atoms with van der Waals surface area (Å²) in [6, 6.07) is 20.7. The quantitative estimate of drug-likeness (QED) is 0.252. The van der Waals surface area contributed by atoms with Crippen LogP contribution in [0.1, 0.15) is 43.0 Å². The maximum Gasteiger partial charge on any atom is 0.224 e. The van der Waals surface area contributed by atoms with Crippen LogP contribution in [0.15, 0.2) is 66.9 Å². The van der Waals surface area contributed by atoms with Crippen molar-refractivity contribution in [2.24, 2.45) is 5.73 Å². The number of amides is 1. The summed E-state index contributed by atoms with van der Waals surface area (Å²) in [6.45, 7) is 6.27. The number of hydrogen-bond donors (Lipinski definition) is 1. The molecule has 2 aliphatic rings. The Kier molecular flexibility index (Phi) is 9.85. The van der Waals surface area contributed by atoms with Gasteiger partial charge in [0.25, 0.3) is 0 Å². The molecule has 0 spiro atoms. The van der Waals surface area contributed by atoms with Gasteiger partial charge >= 0.3 is 0 Å². The van der Waals surface area contributed by atoms with E-state index in [-0.39, 0.29) is 17.9 Å². The molecule has 2 N–H and O–H groups in total. The van der Waals surface area contributed by atoms with E-state index in [4.69, 9.17) is 20.2 Å². The minimum absolute atomic E-state index is 0.132. The molecule has 2 fully saturated rings. The summed E-state index contributed by atoms with van der Waals surface area (Å²) >= 11 is 0. The van der Waals surface area contributed by atoms with Gasteiger partial charge in [-0.1, -0.05) is 36.4 Å². The van der Waals surface area contributed by atoms with Crippen molar-refractivity contribution in [3.05, 3.63) is 78.2 Å². The maximum atomic E-state index is 13.4. The number of likely N-dealkylation sites (tertiary alicyclic amines) is 1. The van der Waals surface area contributed by atoms with Crippen molar-refractivity contribution < 1.29 is 14.3 Å². The Morgan fingerprint density at radius 1 is 1.05 bits per heavy atom. The third-order valence-corrected chi connectivity index (χ3v) is 8.86. The van der Waals surface area contributed by atoms with Crippen molar-refractivity contribution in [1.82, 2.24) is 19.4 Å². The summed E-state index contributed by atoms with van der Waals surface area (Å²) in [6.07, 6.45) is 5.86. The smallest absolute Gasteiger partial charge is 0.224 e. The molecule has 9 heteroatoms. The lowest BCUT2D eigenvalue weighted by atomic mass is 9.95. The number of morpholine rings is 1. The first-order chi connectivity index (χ1) is 21.6. The van der Waals surface area contributed by atoms with Crippen molar-refractivity contribution in [2.45, 2.75) is 50.6 Å². The molecule has 0 bridgehead atoms. The number of para-hydroxylation sites is 2. The van der Waals surface area contributed by atoms with Crippen LogP contribution in [-0.2, 0) is 27.2 Å². The highest BCUT2D eigenvalue weighted by atomic mass is 16.5. The molecule has 44 heavy (non-hydrogen) atoms. The second-order valence-corrected chi connectivity index (χ2v) is 12.0. The summed E-state index contributed by atoms with van der Waals surface area (Å²) in [4.78, 5) is 27.4. The Labute approximate surface area is 260 Å². The van der Waals surface area contributed by atoms with Gasteiger partial charge in [-0.3, -0.25) is 4.79 Å². The van der Waals surface area contributed by atoms with Crippen LogP contribution in [-0.4, -0.2) is 84.5 Å². The van der Waals surface area contributed by atoms with Gasteiger partial charge in [0.15, 0.2) is 0 Å². The molecule has 232 valence electrons. The van der Waals surface area contributed by atoms with E-state index in [0.717, 1.165) is 98.0 Å². The number of nitrogens with two attached hydrogens (primary N) is 1. The minimum atomic E-state index is -0.234. The van der Waals surface area contributed by atoms with Gasteiger partial charge in [-0.15, -0.1) is 0 Å². The van der Waals surface area contributed by atoms with Crippen LogP contribution in [0, 0.1) is 0 Å². The first kappa shape index (κ1) is 30.2. The van der Waals surface area contributed by atoms with E-state index in [0.29, 0.717) is 26.0 Å². The Balaban J connectivity index is 1.04. The zero-order chi connectivity index (χ0) is 30.3. The number of fused-ring (bicyclic) bond motifs is 1. The number of carbonyl (C=O) groups is 1. The molecule has 2 saturated heterocycles. The number of aryl methyl sites for hydroxylation is 1. The second kappa shape index (κ2) is 14.3. The van der Waals surface area contributed by atoms with Crippen LogP contribution in [0.2, 0.25) is 0 Å². The van der Waals surface area contributed by atoms with Gasteiger partial charge in [0, 0.05) is 76.6 Å². The summed E-state index contributed by atoms with van der Waals surface area (Å²) in [7, 11) is 1.74. The number of ether oxygens (including phenoxy) is 2. The number of piperidine rings is 1.